The van der Waals surface area contributed by atoms with Gasteiger partial charge in [-0.1, -0.05) is 84.9 Å². The molecule has 0 saturated heterocycles. The number of hydrogen-bond acceptors (Lipinski definition) is 5. The summed E-state index contributed by atoms with van der Waals surface area (Å²) in [4.78, 5) is 24.6. The van der Waals surface area contributed by atoms with Crippen LogP contribution in [0.3, 0.4) is 0 Å². The number of aliphatic carboxylic acids is 1. The second-order valence-corrected chi connectivity index (χ2v) is 9.30. The number of methoxy groups -OCH3 is 2. The molecule has 0 unspecified atom stereocenters. The Bertz CT molecular complexity index is 1450. The van der Waals surface area contributed by atoms with Gasteiger partial charge in [0.05, 0.1) is 14.2 Å². The Morgan fingerprint density at radius 1 is 0.795 bits per heavy atom. The Balaban J connectivity index is 1.24. The fraction of sp³-hybridized carbons (Fsp3) is 0.188. The largest absolute Gasteiger partial charge is 0.493 e. The van der Waals surface area contributed by atoms with Gasteiger partial charge in [0.25, 0.3) is 0 Å². The smallest absolute Gasteiger partial charge is 0.407 e. The summed E-state index contributed by atoms with van der Waals surface area (Å²) in [6, 6.07) is 28.0. The van der Waals surface area contributed by atoms with Crippen molar-refractivity contribution in [1.29, 1.82) is 0 Å². The van der Waals surface area contributed by atoms with Crippen LogP contribution in [0.1, 0.15) is 22.6 Å². The minimum absolute atomic E-state index is 0.104. The molecule has 0 bridgehead atoms. The van der Waals surface area contributed by atoms with Gasteiger partial charge in [0.1, 0.15) is 12.6 Å². The van der Waals surface area contributed by atoms with Crippen molar-refractivity contribution >= 4 is 12.1 Å². The van der Waals surface area contributed by atoms with E-state index in [1.165, 1.54) is 0 Å². The number of fused-ring (bicyclic) bond motifs is 3. The molecule has 0 radical (unpaired) electrons. The van der Waals surface area contributed by atoms with Gasteiger partial charge in [-0.15, -0.1) is 0 Å². The maximum absolute atomic E-state index is 12.7. The maximum atomic E-state index is 12.7. The van der Waals surface area contributed by atoms with Crippen LogP contribution in [-0.2, 0) is 16.0 Å². The molecule has 1 aliphatic carbocycles. The predicted octanol–water partition coefficient (Wildman–Crippen LogP) is 5.91. The molecule has 2 N–H and O–H groups in total. The van der Waals surface area contributed by atoms with E-state index in [1.807, 2.05) is 78.9 Å². The Morgan fingerprint density at radius 3 is 2.00 bits per heavy atom. The van der Waals surface area contributed by atoms with Crippen LogP contribution in [-0.4, -0.2) is 44.0 Å². The first-order valence-corrected chi connectivity index (χ1v) is 12.6. The highest BCUT2D eigenvalue weighted by molar-refractivity contribution is 5.81. The quantitative estimate of drug-likeness (QED) is 0.284. The fourth-order valence-corrected chi connectivity index (χ4v) is 5.15. The number of ether oxygens (including phenoxy) is 3. The van der Waals surface area contributed by atoms with E-state index >= 15 is 0 Å². The fourth-order valence-electron chi connectivity index (χ4n) is 5.15. The average Bonchev–Trinajstić information content (AvgIpc) is 3.29. The Kier molecular flexibility index (Phi) is 7.50. The van der Waals surface area contributed by atoms with Crippen LogP contribution in [0, 0.1) is 0 Å². The van der Waals surface area contributed by atoms with Gasteiger partial charge in [-0.05, 0) is 39.4 Å². The van der Waals surface area contributed by atoms with Crippen molar-refractivity contribution in [2.24, 2.45) is 0 Å². The summed E-state index contributed by atoms with van der Waals surface area (Å²) in [5, 5.41) is 12.3. The molecular formula is C32H29NO6. The first kappa shape index (κ1) is 25.9. The molecule has 1 aliphatic rings. The van der Waals surface area contributed by atoms with Crippen molar-refractivity contribution in [3.8, 4) is 33.8 Å². The van der Waals surface area contributed by atoms with Crippen LogP contribution in [0.15, 0.2) is 91.0 Å². The average molecular weight is 524 g/mol. The summed E-state index contributed by atoms with van der Waals surface area (Å²) in [6.45, 7) is 0.114. The third kappa shape index (κ3) is 5.29. The number of carboxylic acid groups (broad SMARTS) is 1. The topological polar surface area (TPSA) is 94.1 Å². The number of carbonyl (C=O) groups excluding carboxylic acids is 1. The van der Waals surface area contributed by atoms with E-state index in [9.17, 15) is 14.7 Å². The Labute approximate surface area is 227 Å². The van der Waals surface area contributed by atoms with Crippen molar-refractivity contribution in [2.75, 3.05) is 20.8 Å². The first-order valence-electron chi connectivity index (χ1n) is 12.6. The van der Waals surface area contributed by atoms with Crippen molar-refractivity contribution in [1.82, 2.24) is 5.32 Å². The lowest BCUT2D eigenvalue weighted by Gasteiger charge is -2.18. The molecule has 4 aromatic rings. The zero-order valence-corrected chi connectivity index (χ0v) is 21.7. The van der Waals surface area contributed by atoms with Crippen LogP contribution >= 0.6 is 0 Å². The molecule has 0 aromatic heterocycles. The molecule has 0 saturated carbocycles. The van der Waals surface area contributed by atoms with E-state index in [0.29, 0.717) is 11.5 Å². The van der Waals surface area contributed by atoms with Crippen LogP contribution in [0.2, 0.25) is 0 Å². The number of hydrogen-bond donors (Lipinski definition) is 2. The highest BCUT2D eigenvalue weighted by Gasteiger charge is 2.30. The van der Waals surface area contributed by atoms with Crippen molar-refractivity contribution in [3.05, 3.63) is 108 Å². The van der Waals surface area contributed by atoms with E-state index in [0.717, 1.165) is 38.9 Å². The normalized spacial score (nSPS) is 12.7. The molecule has 198 valence electrons. The monoisotopic (exact) mass is 523 g/mol. The molecule has 7 nitrogen and oxygen atoms in total. The highest BCUT2D eigenvalue weighted by atomic mass is 16.5. The molecule has 1 atom stereocenters. The van der Waals surface area contributed by atoms with Gasteiger partial charge in [-0.25, -0.2) is 9.59 Å². The van der Waals surface area contributed by atoms with Gasteiger partial charge in [0.2, 0.25) is 0 Å². The molecule has 5 rings (SSSR count). The summed E-state index contributed by atoms with van der Waals surface area (Å²) < 4.78 is 16.5. The summed E-state index contributed by atoms with van der Waals surface area (Å²) in [5.41, 5.74) is 6.94. The molecule has 39 heavy (non-hydrogen) atoms. The number of carboxylic acids is 1. The molecule has 0 heterocycles. The SMILES string of the molecule is COc1cccc(-c2ccc(C[C@@H](NC(=O)OCC3c4ccccc4-c4ccccc43)C(=O)O)cc2)c1OC. The number of nitrogens with one attached hydrogen (secondary N) is 1. The summed E-state index contributed by atoms with van der Waals surface area (Å²) in [5.74, 6) is 0.0000170. The predicted molar refractivity (Wildman–Crippen MR) is 148 cm³/mol. The zero-order valence-electron chi connectivity index (χ0n) is 21.7. The number of alkyl carbamates (subject to hydrolysis) is 1. The molecular weight excluding hydrogens is 494 g/mol. The van der Waals surface area contributed by atoms with Crippen molar-refractivity contribution < 1.29 is 28.9 Å². The van der Waals surface area contributed by atoms with Gasteiger partial charge in [-0.3, -0.25) is 0 Å². The number of para-hydroxylation sites is 1. The molecule has 0 fully saturated rings. The van der Waals surface area contributed by atoms with Crippen LogP contribution < -0.4 is 14.8 Å². The third-order valence-corrected chi connectivity index (χ3v) is 7.04. The second-order valence-electron chi connectivity index (χ2n) is 9.30. The lowest BCUT2D eigenvalue weighted by molar-refractivity contribution is -0.139. The number of carbonyl (C=O) groups is 2. The lowest BCUT2D eigenvalue weighted by Crippen LogP contribution is -2.42. The Hall–Kier alpha value is -4.78. The third-order valence-electron chi connectivity index (χ3n) is 7.04. The number of amides is 1. The summed E-state index contributed by atoms with van der Waals surface area (Å²) in [7, 11) is 3.17. The van der Waals surface area contributed by atoms with E-state index in [1.54, 1.807) is 14.2 Å². The van der Waals surface area contributed by atoms with Crippen LogP contribution in [0.25, 0.3) is 22.3 Å². The van der Waals surface area contributed by atoms with Gasteiger partial charge in [0.15, 0.2) is 11.5 Å². The van der Waals surface area contributed by atoms with Crippen molar-refractivity contribution in [2.45, 2.75) is 18.4 Å². The molecule has 0 aliphatic heterocycles. The van der Waals surface area contributed by atoms with Crippen LogP contribution in [0.4, 0.5) is 4.79 Å². The summed E-state index contributed by atoms with van der Waals surface area (Å²) in [6.07, 6.45) is -0.656. The van der Waals surface area contributed by atoms with Gasteiger partial charge in [0, 0.05) is 17.9 Å². The number of rotatable bonds is 9. The summed E-state index contributed by atoms with van der Waals surface area (Å²) >= 11 is 0. The van der Waals surface area contributed by atoms with E-state index in [-0.39, 0.29) is 18.9 Å². The van der Waals surface area contributed by atoms with Crippen molar-refractivity contribution in [3.63, 3.8) is 0 Å². The van der Waals surface area contributed by atoms with Crippen LogP contribution in [0.5, 0.6) is 11.5 Å². The number of benzene rings is 4. The van der Waals surface area contributed by atoms with Gasteiger partial charge >= 0.3 is 12.1 Å². The molecule has 4 aromatic carbocycles. The Morgan fingerprint density at radius 2 is 1.41 bits per heavy atom. The zero-order chi connectivity index (χ0) is 27.4. The first-order chi connectivity index (χ1) is 19.0. The minimum Gasteiger partial charge on any atom is -0.493 e. The molecule has 7 heteroatoms. The minimum atomic E-state index is -1.14. The van der Waals surface area contributed by atoms with Gasteiger partial charge < -0.3 is 24.6 Å². The molecule has 0 spiro atoms. The standard InChI is InChI=1S/C32H29NO6/c1-37-29-13-7-12-22(30(29)38-2)21-16-14-20(15-17-21)18-28(31(34)35)33-32(36)39-19-27-25-10-5-3-8-23(25)24-9-4-6-11-26(24)27/h3-17,27-28H,18-19H2,1-2H3,(H,33,36)(H,34,35)/t28-/m1/s1. The lowest BCUT2D eigenvalue weighted by atomic mass is 9.98. The van der Waals surface area contributed by atoms with E-state index < -0.39 is 18.1 Å². The highest BCUT2D eigenvalue weighted by Crippen LogP contribution is 2.44. The van der Waals surface area contributed by atoms with Gasteiger partial charge in [-0.2, -0.15) is 0 Å². The second kappa shape index (κ2) is 11.3. The van der Waals surface area contributed by atoms with E-state index in [4.69, 9.17) is 14.2 Å². The maximum Gasteiger partial charge on any atom is 0.407 e. The van der Waals surface area contributed by atoms with E-state index in [2.05, 4.69) is 17.4 Å². The molecule has 1 amide bonds.